The topological polar surface area (TPSA) is 72.7 Å². The first-order valence-electron chi connectivity index (χ1n) is 9.35. The number of nitrogens with zero attached hydrogens (tertiary/aromatic N) is 4. The van der Waals surface area contributed by atoms with E-state index in [1.807, 2.05) is 75.4 Å². The number of aryl methyl sites for hydroxylation is 1. The molecule has 0 aliphatic carbocycles. The first kappa shape index (κ1) is 18.6. The normalized spacial score (nSPS) is 10.7. The van der Waals surface area contributed by atoms with Crippen molar-refractivity contribution in [3.63, 3.8) is 0 Å². The van der Waals surface area contributed by atoms with E-state index in [0.29, 0.717) is 17.2 Å². The van der Waals surface area contributed by atoms with Crippen LogP contribution < -0.4 is 5.32 Å². The van der Waals surface area contributed by atoms with Crippen molar-refractivity contribution >= 4 is 11.6 Å². The largest absolute Gasteiger partial charge is 0.319 e. The molecule has 0 fully saturated rings. The molecule has 2 heterocycles. The average molecular weight is 383 g/mol. The van der Waals surface area contributed by atoms with Gasteiger partial charge in [0.1, 0.15) is 0 Å². The second kappa shape index (κ2) is 7.67. The molecule has 0 saturated heterocycles. The number of anilines is 1. The third-order valence-electron chi connectivity index (χ3n) is 4.99. The number of amides is 1. The molecule has 2 aromatic heterocycles. The van der Waals surface area contributed by atoms with Crippen molar-refractivity contribution in [2.24, 2.45) is 0 Å². The summed E-state index contributed by atoms with van der Waals surface area (Å²) >= 11 is 0. The average Bonchev–Trinajstić information content (AvgIpc) is 3.02. The molecule has 6 heteroatoms. The Balaban J connectivity index is 1.48. The zero-order chi connectivity index (χ0) is 20.4. The molecule has 0 radical (unpaired) electrons. The first-order valence-corrected chi connectivity index (χ1v) is 9.35. The lowest BCUT2D eigenvalue weighted by Gasteiger charge is -2.07. The van der Waals surface area contributed by atoms with Crippen molar-refractivity contribution in [3.8, 4) is 17.1 Å². The zero-order valence-electron chi connectivity index (χ0n) is 16.5. The second-order valence-corrected chi connectivity index (χ2v) is 6.88. The van der Waals surface area contributed by atoms with E-state index < -0.39 is 0 Å². The van der Waals surface area contributed by atoms with Crippen molar-refractivity contribution in [2.45, 2.75) is 20.8 Å². The van der Waals surface area contributed by atoms with Crippen molar-refractivity contribution < 1.29 is 4.79 Å². The van der Waals surface area contributed by atoms with Gasteiger partial charge in [0, 0.05) is 11.3 Å². The summed E-state index contributed by atoms with van der Waals surface area (Å²) in [5, 5.41) is 7.29. The van der Waals surface area contributed by atoms with Gasteiger partial charge in [-0.2, -0.15) is 5.10 Å². The van der Waals surface area contributed by atoms with Crippen LogP contribution >= 0.6 is 0 Å². The number of hydrogen-bond acceptors (Lipinski definition) is 4. The third kappa shape index (κ3) is 3.78. The Hall–Kier alpha value is -3.80. The molecule has 4 aromatic rings. The van der Waals surface area contributed by atoms with Crippen LogP contribution in [0.3, 0.4) is 0 Å². The smallest absolute Gasteiger partial charge is 0.255 e. The van der Waals surface area contributed by atoms with Crippen LogP contribution in [-0.4, -0.2) is 25.7 Å². The number of rotatable bonds is 4. The number of carbonyl (C=O) groups is 1. The summed E-state index contributed by atoms with van der Waals surface area (Å²) in [6, 6.07) is 17.5. The lowest BCUT2D eigenvalue weighted by molar-refractivity contribution is 0.102. The Labute approximate surface area is 169 Å². The third-order valence-corrected chi connectivity index (χ3v) is 4.99. The Kier molecular flexibility index (Phi) is 4.91. The Bertz CT molecular complexity index is 1150. The molecule has 0 unspecified atom stereocenters. The molecule has 144 valence electrons. The van der Waals surface area contributed by atoms with E-state index in [4.69, 9.17) is 0 Å². The molecule has 29 heavy (non-hydrogen) atoms. The van der Waals surface area contributed by atoms with Gasteiger partial charge in [0.25, 0.3) is 11.9 Å². The summed E-state index contributed by atoms with van der Waals surface area (Å²) in [4.78, 5) is 21.2. The summed E-state index contributed by atoms with van der Waals surface area (Å²) in [5.41, 5.74) is 6.34. The Morgan fingerprint density at radius 2 is 1.48 bits per heavy atom. The lowest BCUT2D eigenvalue weighted by atomic mass is 10.0. The van der Waals surface area contributed by atoms with Gasteiger partial charge in [-0.3, -0.25) is 4.79 Å². The second-order valence-electron chi connectivity index (χ2n) is 6.88. The minimum Gasteiger partial charge on any atom is -0.319 e. The van der Waals surface area contributed by atoms with E-state index in [2.05, 4.69) is 20.4 Å². The Morgan fingerprint density at radius 3 is 2.07 bits per heavy atom. The monoisotopic (exact) mass is 383 g/mol. The minimum atomic E-state index is -0.206. The fraction of sp³-hybridized carbons (Fsp3) is 0.130. The van der Waals surface area contributed by atoms with Crippen LogP contribution in [0.5, 0.6) is 0 Å². The van der Waals surface area contributed by atoms with Crippen LogP contribution in [0.15, 0.2) is 67.0 Å². The minimum absolute atomic E-state index is 0.206. The number of aromatic nitrogens is 4. The maximum Gasteiger partial charge on any atom is 0.255 e. The van der Waals surface area contributed by atoms with Gasteiger partial charge in [0.05, 0.1) is 23.8 Å². The molecular weight excluding hydrogens is 362 g/mol. The summed E-state index contributed by atoms with van der Waals surface area (Å²) in [6.07, 6.45) is 3.18. The van der Waals surface area contributed by atoms with Gasteiger partial charge in [0.15, 0.2) is 0 Å². The highest BCUT2D eigenvalue weighted by Crippen LogP contribution is 2.20. The van der Waals surface area contributed by atoms with Gasteiger partial charge in [0.2, 0.25) is 0 Å². The first-order chi connectivity index (χ1) is 14.0. The van der Waals surface area contributed by atoms with Gasteiger partial charge < -0.3 is 5.32 Å². The number of benzene rings is 2. The Morgan fingerprint density at radius 1 is 0.862 bits per heavy atom. The van der Waals surface area contributed by atoms with Crippen molar-refractivity contribution in [3.05, 3.63) is 89.5 Å². The number of nitrogens with one attached hydrogen (secondary N) is 1. The van der Waals surface area contributed by atoms with Crippen molar-refractivity contribution in [1.82, 2.24) is 19.7 Å². The van der Waals surface area contributed by atoms with Gasteiger partial charge in [-0.05, 0) is 49.6 Å². The van der Waals surface area contributed by atoms with Crippen molar-refractivity contribution in [1.29, 1.82) is 0 Å². The van der Waals surface area contributed by atoms with E-state index in [1.54, 1.807) is 17.1 Å². The van der Waals surface area contributed by atoms with E-state index in [-0.39, 0.29) is 5.91 Å². The molecule has 6 nitrogen and oxygen atoms in total. The van der Waals surface area contributed by atoms with Gasteiger partial charge in [-0.15, -0.1) is 0 Å². The molecule has 0 aliphatic heterocycles. The summed E-state index contributed by atoms with van der Waals surface area (Å²) < 4.78 is 1.71. The summed E-state index contributed by atoms with van der Waals surface area (Å²) in [5.74, 6) is 0.270. The SMILES string of the molecule is Cc1nn(-c2ncc(NC(=O)c3ccc(-c4ccccc4)cc3)cn2)c(C)c1C. The van der Waals surface area contributed by atoms with E-state index >= 15 is 0 Å². The van der Waals surface area contributed by atoms with Crippen LogP contribution in [-0.2, 0) is 0 Å². The maximum atomic E-state index is 12.5. The predicted octanol–water partition coefficient (Wildman–Crippen LogP) is 4.51. The molecule has 0 saturated carbocycles. The predicted molar refractivity (Wildman–Crippen MR) is 113 cm³/mol. The molecule has 0 atom stereocenters. The summed E-state index contributed by atoms with van der Waals surface area (Å²) in [7, 11) is 0. The highest BCUT2D eigenvalue weighted by Gasteiger charge is 2.12. The maximum absolute atomic E-state index is 12.5. The van der Waals surface area contributed by atoms with Gasteiger partial charge in [-0.25, -0.2) is 14.6 Å². The van der Waals surface area contributed by atoms with Crippen LogP contribution in [0, 0.1) is 20.8 Å². The fourth-order valence-electron chi connectivity index (χ4n) is 3.06. The van der Waals surface area contributed by atoms with E-state index in [0.717, 1.165) is 28.1 Å². The highest BCUT2D eigenvalue weighted by atomic mass is 16.1. The van der Waals surface area contributed by atoms with Crippen molar-refractivity contribution in [2.75, 3.05) is 5.32 Å². The number of carbonyl (C=O) groups excluding carboxylic acids is 1. The van der Waals surface area contributed by atoms with E-state index in [9.17, 15) is 4.79 Å². The van der Waals surface area contributed by atoms with Crippen LogP contribution in [0.25, 0.3) is 17.1 Å². The van der Waals surface area contributed by atoms with Crippen LogP contribution in [0.4, 0.5) is 5.69 Å². The fourth-order valence-corrected chi connectivity index (χ4v) is 3.06. The van der Waals surface area contributed by atoms with Gasteiger partial charge >= 0.3 is 0 Å². The molecule has 0 spiro atoms. The highest BCUT2D eigenvalue weighted by molar-refractivity contribution is 6.04. The summed E-state index contributed by atoms with van der Waals surface area (Å²) in [6.45, 7) is 5.95. The molecular formula is C23H21N5O. The lowest BCUT2D eigenvalue weighted by Crippen LogP contribution is -2.13. The molecule has 0 aliphatic rings. The molecule has 1 amide bonds. The molecule has 2 aromatic carbocycles. The van der Waals surface area contributed by atoms with Gasteiger partial charge in [-0.1, -0.05) is 42.5 Å². The molecule has 4 rings (SSSR count). The van der Waals surface area contributed by atoms with Crippen LogP contribution in [0.2, 0.25) is 0 Å². The molecule has 0 bridgehead atoms. The zero-order valence-corrected chi connectivity index (χ0v) is 16.5. The standard InChI is InChI=1S/C23H21N5O/c1-15-16(2)27-28(17(15)3)23-24-13-21(14-25-23)26-22(29)20-11-9-19(10-12-20)18-7-5-4-6-8-18/h4-14H,1-3H3,(H,26,29). The number of hydrogen-bond donors (Lipinski definition) is 1. The van der Waals surface area contributed by atoms with Crippen LogP contribution in [0.1, 0.15) is 27.3 Å². The van der Waals surface area contributed by atoms with E-state index in [1.165, 1.54) is 0 Å². The molecule has 1 N–H and O–H groups in total. The quantitative estimate of drug-likeness (QED) is 0.563.